The predicted octanol–water partition coefficient (Wildman–Crippen LogP) is -0.786. The molecule has 9 nitrogen and oxygen atoms in total. The van der Waals surface area contributed by atoms with Crippen LogP contribution in [-0.2, 0) is 14.1 Å². The van der Waals surface area contributed by atoms with Crippen molar-refractivity contribution in [2.24, 2.45) is 0 Å². The van der Waals surface area contributed by atoms with E-state index in [-0.39, 0.29) is 6.04 Å². The Kier molecular flexibility index (Phi) is 5.95. The van der Waals surface area contributed by atoms with Gasteiger partial charge < -0.3 is 29.7 Å². The molecule has 154 valence electrons. The number of rotatable bonds is 5. The number of nitrogens with zero attached hydrogens (tertiary/aromatic N) is 3. The summed E-state index contributed by atoms with van der Waals surface area (Å²) in [6, 6.07) is -0.131. The van der Waals surface area contributed by atoms with E-state index in [0.29, 0.717) is 12.5 Å². The molecule has 1 amide bonds. The molecule has 0 bridgehead atoms. The molecular weight excluding hydrogens is 363 g/mol. The first-order chi connectivity index (χ1) is 13.1. The lowest BCUT2D eigenvalue weighted by Crippen LogP contribution is -2.51. The molecule has 28 heavy (non-hydrogen) atoms. The SMILES string of the molecule is CC1(C)OB(c2cnc(N3CCC[C@H](NC(=O)[C@@H](O)CO)C3)nc2)OC1(C)C. The minimum atomic E-state index is -1.40. The lowest BCUT2D eigenvalue weighted by molar-refractivity contribution is -0.131. The van der Waals surface area contributed by atoms with Gasteiger partial charge in [0.2, 0.25) is 5.95 Å². The number of amides is 1. The van der Waals surface area contributed by atoms with Crippen LogP contribution >= 0.6 is 0 Å². The van der Waals surface area contributed by atoms with Crippen LogP contribution in [0.25, 0.3) is 0 Å². The molecule has 2 atom stereocenters. The third-order valence-electron chi connectivity index (χ3n) is 5.71. The lowest BCUT2D eigenvalue weighted by atomic mass is 9.81. The van der Waals surface area contributed by atoms with Crippen molar-refractivity contribution in [3.8, 4) is 0 Å². The molecule has 0 aliphatic carbocycles. The van der Waals surface area contributed by atoms with Crippen molar-refractivity contribution in [1.82, 2.24) is 15.3 Å². The highest BCUT2D eigenvalue weighted by Gasteiger charge is 2.52. The first kappa shape index (κ1) is 21.0. The van der Waals surface area contributed by atoms with Crippen LogP contribution < -0.4 is 15.7 Å². The minimum Gasteiger partial charge on any atom is -0.399 e. The molecule has 2 fully saturated rings. The molecule has 2 saturated heterocycles. The van der Waals surface area contributed by atoms with E-state index in [0.717, 1.165) is 24.8 Å². The quantitative estimate of drug-likeness (QED) is 0.559. The Morgan fingerprint density at radius 3 is 2.50 bits per heavy atom. The number of aliphatic hydroxyl groups is 2. The highest BCUT2D eigenvalue weighted by Crippen LogP contribution is 2.36. The average Bonchev–Trinajstić information content (AvgIpc) is 2.88. The lowest BCUT2D eigenvalue weighted by Gasteiger charge is -2.33. The first-order valence-electron chi connectivity index (χ1n) is 9.65. The molecule has 0 aromatic carbocycles. The van der Waals surface area contributed by atoms with E-state index >= 15 is 0 Å². The summed E-state index contributed by atoms with van der Waals surface area (Å²) < 4.78 is 12.0. The van der Waals surface area contributed by atoms with Crippen LogP contribution in [0.15, 0.2) is 12.4 Å². The molecule has 3 heterocycles. The molecular formula is C18H29BN4O5. The number of carbonyl (C=O) groups is 1. The number of anilines is 1. The van der Waals surface area contributed by atoms with Gasteiger partial charge in [-0.15, -0.1) is 0 Å². The molecule has 2 aliphatic rings. The fraction of sp³-hybridized carbons (Fsp3) is 0.722. The largest absolute Gasteiger partial charge is 0.498 e. The second kappa shape index (κ2) is 7.94. The highest BCUT2D eigenvalue weighted by atomic mass is 16.7. The van der Waals surface area contributed by atoms with E-state index in [9.17, 15) is 9.90 Å². The second-order valence-corrected chi connectivity index (χ2v) is 8.40. The van der Waals surface area contributed by atoms with Crippen molar-refractivity contribution in [1.29, 1.82) is 0 Å². The van der Waals surface area contributed by atoms with Gasteiger partial charge in [-0.1, -0.05) is 0 Å². The molecule has 10 heteroatoms. The monoisotopic (exact) mass is 392 g/mol. The maximum absolute atomic E-state index is 11.8. The first-order valence-corrected chi connectivity index (χ1v) is 9.65. The second-order valence-electron chi connectivity index (χ2n) is 8.40. The zero-order chi connectivity index (χ0) is 20.5. The van der Waals surface area contributed by atoms with E-state index in [1.54, 1.807) is 12.4 Å². The van der Waals surface area contributed by atoms with Gasteiger partial charge in [-0.3, -0.25) is 4.79 Å². The number of hydrogen-bond donors (Lipinski definition) is 3. The summed E-state index contributed by atoms with van der Waals surface area (Å²) in [5.41, 5.74) is -0.0861. The Labute approximate surface area is 165 Å². The Morgan fingerprint density at radius 1 is 1.32 bits per heavy atom. The van der Waals surface area contributed by atoms with Crippen molar-refractivity contribution >= 4 is 24.4 Å². The summed E-state index contributed by atoms with van der Waals surface area (Å²) >= 11 is 0. The van der Waals surface area contributed by atoms with Crippen molar-refractivity contribution in [2.45, 2.75) is 63.9 Å². The summed E-state index contributed by atoms with van der Waals surface area (Å²) in [5, 5.41) is 21.1. The fourth-order valence-corrected chi connectivity index (χ4v) is 3.25. The van der Waals surface area contributed by atoms with Gasteiger partial charge in [-0.05, 0) is 40.5 Å². The standard InChI is InChI=1S/C18H29BN4O5/c1-17(2)18(3,4)28-19(27-17)12-8-20-16(21-9-12)23-7-5-6-13(10-23)22-15(26)14(25)11-24/h8-9,13-14,24-25H,5-7,10-11H2,1-4H3,(H,22,26)/t13-,14-/m0/s1. The van der Waals surface area contributed by atoms with E-state index in [4.69, 9.17) is 14.4 Å². The van der Waals surface area contributed by atoms with Crippen LogP contribution in [0.4, 0.5) is 5.95 Å². The van der Waals surface area contributed by atoms with Gasteiger partial charge in [-0.2, -0.15) is 0 Å². The Morgan fingerprint density at radius 2 is 1.93 bits per heavy atom. The molecule has 0 spiro atoms. The number of carbonyl (C=O) groups excluding carboxylic acids is 1. The van der Waals surface area contributed by atoms with Crippen LogP contribution in [-0.4, -0.2) is 76.3 Å². The normalized spacial score (nSPS) is 24.9. The van der Waals surface area contributed by atoms with Gasteiger partial charge in [0.15, 0.2) is 6.10 Å². The van der Waals surface area contributed by atoms with Gasteiger partial charge in [0.25, 0.3) is 5.91 Å². The van der Waals surface area contributed by atoms with Crippen LogP contribution in [0.2, 0.25) is 0 Å². The summed E-state index contributed by atoms with van der Waals surface area (Å²) in [6.45, 7) is 8.72. The Balaban J connectivity index is 1.63. The van der Waals surface area contributed by atoms with E-state index in [1.807, 2.05) is 32.6 Å². The highest BCUT2D eigenvalue weighted by molar-refractivity contribution is 6.61. The van der Waals surface area contributed by atoms with Gasteiger partial charge >= 0.3 is 7.12 Å². The smallest absolute Gasteiger partial charge is 0.399 e. The summed E-state index contributed by atoms with van der Waals surface area (Å²) in [5.74, 6) is 0.00768. The maximum Gasteiger partial charge on any atom is 0.498 e. The third-order valence-corrected chi connectivity index (χ3v) is 5.71. The van der Waals surface area contributed by atoms with Crippen molar-refractivity contribution < 1.29 is 24.3 Å². The topological polar surface area (TPSA) is 117 Å². The predicted molar refractivity (Wildman–Crippen MR) is 104 cm³/mol. The average molecular weight is 392 g/mol. The minimum absolute atomic E-state index is 0.131. The molecule has 1 aromatic rings. The maximum atomic E-state index is 11.8. The number of hydrogen-bond acceptors (Lipinski definition) is 8. The Bertz CT molecular complexity index is 684. The van der Waals surface area contributed by atoms with Gasteiger partial charge in [0.1, 0.15) is 0 Å². The molecule has 2 aliphatic heterocycles. The molecule has 1 aromatic heterocycles. The molecule has 0 unspecified atom stereocenters. The van der Waals surface area contributed by atoms with E-state index in [2.05, 4.69) is 15.3 Å². The zero-order valence-corrected chi connectivity index (χ0v) is 16.9. The molecule has 3 rings (SSSR count). The fourth-order valence-electron chi connectivity index (χ4n) is 3.25. The van der Waals surface area contributed by atoms with Crippen molar-refractivity contribution in [3.63, 3.8) is 0 Å². The van der Waals surface area contributed by atoms with Gasteiger partial charge in [0.05, 0.1) is 17.8 Å². The van der Waals surface area contributed by atoms with Crippen molar-refractivity contribution in [2.75, 3.05) is 24.6 Å². The number of nitrogens with one attached hydrogen (secondary N) is 1. The molecule has 3 N–H and O–H groups in total. The molecule has 0 saturated carbocycles. The van der Waals surface area contributed by atoms with E-state index < -0.39 is 36.9 Å². The van der Waals surface area contributed by atoms with Crippen LogP contribution in [0, 0.1) is 0 Å². The molecule has 0 radical (unpaired) electrons. The van der Waals surface area contributed by atoms with Crippen LogP contribution in [0.3, 0.4) is 0 Å². The summed E-state index contributed by atoms with van der Waals surface area (Å²) in [6.07, 6.45) is 3.69. The van der Waals surface area contributed by atoms with Crippen LogP contribution in [0.5, 0.6) is 0 Å². The van der Waals surface area contributed by atoms with Gasteiger partial charge in [0, 0.05) is 37.0 Å². The van der Waals surface area contributed by atoms with E-state index in [1.165, 1.54) is 0 Å². The number of aromatic nitrogens is 2. The summed E-state index contributed by atoms with van der Waals surface area (Å²) in [4.78, 5) is 22.7. The Hall–Kier alpha value is -1.75. The number of piperidine rings is 1. The third kappa shape index (κ3) is 4.30. The zero-order valence-electron chi connectivity index (χ0n) is 16.9. The summed E-state index contributed by atoms with van der Waals surface area (Å²) in [7, 11) is -0.507. The van der Waals surface area contributed by atoms with Crippen molar-refractivity contribution in [3.05, 3.63) is 12.4 Å². The number of aliphatic hydroxyl groups excluding tert-OH is 2. The van der Waals surface area contributed by atoms with Gasteiger partial charge in [-0.25, -0.2) is 9.97 Å². The van der Waals surface area contributed by atoms with Crippen LogP contribution in [0.1, 0.15) is 40.5 Å².